The molecule has 7 nitrogen and oxygen atoms in total. The van der Waals surface area contributed by atoms with E-state index in [2.05, 4.69) is 0 Å². The van der Waals surface area contributed by atoms with Gasteiger partial charge >= 0.3 is 5.97 Å². The van der Waals surface area contributed by atoms with Gasteiger partial charge in [-0.3, -0.25) is 9.59 Å². The fraction of sp³-hybridized carbons (Fsp3) is 0.500. The van der Waals surface area contributed by atoms with Gasteiger partial charge in [-0.15, -0.1) is 0 Å². The quantitative estimate of drug-likeness (QED) is 0.818. The highest BCUT2D eigenvalue weighted by atomic mass is 32.2. The van der Waals surface area contributed by atoms with Crippen LogP contribution in [-0.2, 0) is 19.4 Å². The lowest BCUT2D eigenvalue weighted by atomic mass is 10.1. The predicted octanol–water partition coefficient (Wildman–Crippen LogP) is 1.04. The van der Waals surface area contributed by atoms with Crippen LogP contribution in [0.25, 0.3) is 0 Å². The molecule has 1 aliphatic rings. The van der Waals surface area contributed by atoms with E-state index in [1.807, 2.05) is 0 Å². The third-order valence-corrected chi connectivity index (χ3v) is 6.09. The van der Waals surface area contributed by atoms with Crippen LogP contribution >= 0.6 is 0 Å². The molecular weight excluding hydrogens is 334 g/mol. The summed E-state index contributed by atoms with van der Waals surface area (Å²) in [6.45, 7) is 2.04. The highest BCUT2D eigenvalue weighted by Crippen LogP contribution is 2.22. The van der Waals surface area contributed by atoms with Crippen LogP contribution in [0.1, 0.15) is 13.3 Å². The Morgan fingerprint density at radius 3 is 2.46 bits per heavy atom. The minimum absolute atomic E-state index is 0.132. The molecule has 1 aromatic carbocycles. The summed E-state index contributed by atoms with van der Waals surface area (Å²) in [6, 6.07) is 6.00. The molecule has 1 aromatic rings. The van der Waals surface area contributed by atoms with Gasteiger partial charge in [-0.05, 0) is 30.7 Å². The molecule has 2 atom stereocenters. The molecule has 24 heavy (non-hydrogen) atoms. The maximum Gasteiger partial charge on any atom is 0.308 e. The van der Waals surface area contributed by atoms with Gasteiger partial charge in [0.1, 0.15) is 5.75 Å². The van der Waals surface area contributed by atoms with Gasteiger partial charge in [0.05, 0.1) is 23.7 Å². The van der Waals surface area contributed by atoms with E-state index >= 15 is 0 Å². The highest BCUT2D eigenvalue weighted by Gasteiger charge is 2.34. The van der Waals surface area contributed by atoms with Crippen LogP contribution in [0, 0.1) is 11.8 Å². The first kappa shape index (κ1) is 18.3. The maximum atomic E-state index is 12.4. The number of benzene rings is 1. The normalized spacial score (nSPS) is 19.1. The SMILES string of the molecule is COc1ccc(S(=O)(=O)CC(C)C(=O)N2CCC(C(=O)O)C2)cc1. The molecule has 2 unspecified atom stereocenters. The van der Waals surface area contributed by atoms with Gasteiger partial charge in [-0.25, -0.2) is 8.42 Å². The lowest BCUT2D eigenvalue weighted by molar-refractivity contribution is -0.141. The molecule has 2 rings (SSSR count). The van der Waals surface area contributed by atoms with E-state index in [4.69, 9.17) is 9.84 Å². The summed E-state index contributed by atoms with van der Waals surface area (Å²) in [7, 11) is -2.12. The lowest BCUT2D eigenvalue weighted by Crippen LogP contribution is -2.36. The zero-order valence-electron chi connectivity index (χ0n) is 13.6. The Kier molecular flexibility index (Phi) is 5.48. The fourth-order valence-corrected chi connectivity index (χ4v) is 4.30. The summed E-state index contributed by atoms with van der Waals surface area (Å²) in [5, 5.41) is 8.99. The third kappa shape index (κ3) is 4.05. The van der Waals surface area contributed by atoms with Crippen LogP contribution < -0.4 is 4.74 Å². The van der Waals surface area contributed by atoms with E-state index < -0.39 is 27.6 Å². The van der Waals surface area contributed by atoms with Gasteiger partial charge in [0, 0.05) is 19.0 Å². The summed E-state index contributed by atoms with van der Waals surface area (Å²) in [5.74, 6) is -2.31. The Balaban J connectivity index is 2.03. The molecule has 0 radical (unpaired) electrons. The molecule has 0 aliphatic carbocycles. The van der Waals surface area contributed by atoms with Crippen molar-refractivity contribution in [2.24, 2.45) is 11.8 Å². The number of amides is 1. The van der Waals surface area contributed by atoms with E-state index in [0.29, 0.717) is 18.7 Å². The summed E-state index contributed by atoms with van der Waals surface area (Å²) in [5.41, 5.74) is 0. The Morgan fingerprint density at radius 2 is 1.96 bits per heavy atom. The number of carboxylic acid groups (broad SMARTS) is 1. The number of methoxy groups -OCH3 is 1. The molecule has 1 N–H and O–H groups in total. The van der Waals surface area contributed by atoms with Crippen LogP contribution in [0.3, 0.4) is 0 Å². The number of rotatable bonds is 6. The van der Waals surface area contributed by atoms with E-state index in [1.165, 1.54) is 24.1 Å². The first-order valence-electron chi connectivity index (χ1n) is 7.63. The van der Waals surface area contributed by atoms with Crippen molar-refractivity contribution in [3.05, 3.63) is 24.3 Å². The summed E-state index contributed by atoms with van der Waals surface area (Å²) >= 11 is 0. The van der Waals surface area contributed by atoms with Crippen molar-refractivity contribution in [3.8, 4) is 5.75 Å². The first-order chi connectivity index (χ1) is 11.2. The minimum atomic E-state index is -3.61. The number of hydrogen-bond donors (Lipinski definition) is 1. The average molecular weight is 355 g/mol. The number of carbonyl (C=O) groups excluding carboxylic acids is 1. The number of likely N-dealkylation sites (tertiary alicyclic amines) is 1. The zero-order valence-corrected chi connectivity index (χ0v) is 14.5. The number of sulfone groups is 1. The van der Waals surface area contributed by atoms with Gasteiger partial charge in [0.15, 0.2) is 9.84 Å². The maximum absolute atomic E-state index is 12.4. The number of carbonyl (C=O) groups is 2. The smallest absolute Gasteiger partial charge is 0.308 e. The van der Waals surface area contributed by atoms with Crippen molar-refractivity contribution in [3.63, 3.8) is 0 Å². The van der Waals surface area contributed by atoms with Crippen molar-refractivity contribution >= 4 is 21.7 Å². The van der Waals surface area contributed by atoms with E-state index in [0.717, 1.165) is 0 Å². The Bertz CT molecular complexity index is 713. The van der Waals surface area contributed by atoms with Crippen LogP contribution in [-0.4, -0.2) is 56.3 Å². The molecule has 1 heterocycles. The molecule has 0 saturated carbocycles. The number of nitrogens with zero attached hydrogens (tertiary/aromatic N) is 1. The number of carboxylic acids is 1. The third-order valence-electron chi connectivity index (χ3n) is 4.16. The highest BCUT2D eigenvalue weighted by molar-refractivity contribution is 7.91. The molecule has 1 saturated heterocycles. The van der Waals surface area contributed by atoms with Gasteiger partial charge in [-0.1, -0.05) is 6.92 Å². The molecule has 1 aliphatic heterocycles. The number of ether oxygens (including phenoxy) is 1. The second-order valence-electron chi connectivity index (χ2n) is 5.97. The van der Waals surface area contributed by atoms with Crippen LogP contribution in [0.15, 0.2) is 29.2 Å². The molecule has 132 valence electrons. The predicted molar refractivity (Wildman–Crippen MR) is 86.5 cm³/mol. The monoisotopic (exact) mass is 355 g/mol. The van der Waals surface area contributed by atoms with Crippen molar-refractivity contribution < 1.29 is 27.9 Å². The second-order valence-corrected chi connectivity index (χ2v) is 8.00. The molecular formula is C16H21NO6S. The first-order valence-corrected chi connectivity index (χ1v) is 9.28. The Hall–Kier alpha value is -2.09. The molecule has 1 amide bonds. The number of aliphatic carboxylic acids is 1. The van der Waals surface area contributed by atoms with Crippen molar-refractivity contribution in [2.45, 2.75) is 18.2 Å². The van der Waals surface area contributed by atoms with E-state index in [1.54, 1.807) is 19.1 Å². The fourth-order valence-electron chi connectivity index (χ4n) is 2.75. The molecule has 1 fully saturated rings. The molecule has 0 aromatic heterocycles. The van der Waals surface area contributed by atoms with Crippen molar-refractivity contribution in [1.82, 2.24) is 4.90 Å². The lowest BCUT2D eigenvalue weighted by Gasteiger charge is -2.20. The van der Waals surface area contributed by atoms with Crippen molar-refractivity contribution in [1.29, 1.82) is 0 Å². The van der Waals surface area contributed by atoms with Crippen molar-refractivity contribution in [2.75, 3.05) is 26.0 Å². The summed E-state index contributed by atoms with van der Waals surface area (Å²) in [4.78, 5) is 24.9. The molecule has 0 bridgehead atoms. The van der Waals surface area contributed by atoms with Gasteiger partial charge in [-0.2, -0.15) is 0 Å². The molecule has 8 heteroatoms. The van der Waals surface area contributed by atoms with Crippen LogP contribution in [0.4, 0.5) is 0 Å². The van der Waals surface area contributed by atoms with Crippen LogP contribution in [0.5, 0.6) is 5.75 Å². The van der Waals surface area contributed by atoms with Gasteiger partial charge in [0.2, 0.25) is 5.91 Å². The van der Waals surface area contributed by atoms with E-state index in [-0.39, 0.29) is 23.1 Å². The standard InChI is InChI=1S/C16H21NO6S/c1-11(15(18)17-8-7-12(9-17)16(19)20)10-24(21,22)14-5-3-13(23-2)4-6-14/h3-6,11-12H,7-10H2,1-2H3,(H,19,20). The largest absolute Gasteiger partial charge is 0.497 e. The zero-order chi connectivity index (χ0) is 17.9. The van der Waals surface area contributed by atoms with Gasteiger partial charge in [0.25, 0.3) is 0 Å². The minimum Gasteiger partial charge on any atom is -0.497 e. The molecule has 0 spiro atoms. The van der Waals surface area contributed by atoms with E-state index in [9.17, 15) is 18.0 Å². The Labute approximate surface area is 141 Å². The summed E-state index contributed by atoms with van der Waals surface area (Å²) < 4.78 is 29.9. The number of hydrogen-bond acceptors (Lipinski definition) is 5. The second kappa shape index (κ2) is 7.21. The Morgan fingerprint density at radius 1 is 1.33 bits per heavy atom. The topological polar surface area (TPSA) is 101 Å². The average Bonchev–Trinajstić information content (AvgIpc) is 3.04. The van der Waals surface area contributed by atoms with Gasteiger partial charge < -0.3 is 14.7 Å². The summed E-state index contributed by atoms with van der Waals surface area (Å²) in [6.07, 6.45) is 0.402. The van der Waals surface area contributed by atoms with Crippen LogP contribution in [0.2, 0.25) is 0 Å².